The van der Waals surface area contributed by atoms with Crippen molar-refractivity contribution in [3.8, 4) is 0 Å². The van der Waals surface area contributed by atoms with E-state index in [0.717, 1.165) is 35.0 Å². The second-order valence-corrected chi connectivity index (χ2v) is 5.66. The van der Waals surface area contributed by atoms with Gasteiger partial charge in [-0.05, 0) is 47.8 Å². The molecule has 1 aliphatic heterocycles. The van der Waals surface area contributed by atoms with Gasteiger partial charge in [-0.25, -0.2) is 0 Å². The lowest BCUT2D eigenvalue weighted by Crippen LogP contribution is -2.34. The van der Waals surface area contributed by atoms with E-state index in [1.165, 1.54) is 0 Å². The lowest BCUT2D eigenvalue weighted by Gasteiger charge is -2.21. The zero-order valence-electron chi connectivity index (χ0n) is 10.8. The molecular formula is C14H18BrNO2. The minimum Gasteiger partial charge on any atom is -0.376 e. The van der Waals surface area contributed by atoms with E-state index < -0.39 is 0 Å². The first-order valence-electron chi connectivity index (χ1n) is 6.21. The first-order chi connectivity index (χ1) is 8.58. The molecular weight excluding hydrogens is 294 g/mol. The van der Waals surface area contributed by atoms with Crippen molar-refractivity contribution in [3.63, 3.8) is 0 Å². The van der Waals surface area contributed by atoms with E-state index in [1.54, 1.807) is 4.90 Å². The number of carbonyl (C=O) groups is 1. The third-order valence-corrected chi connectivity index (χ3v) is 3.89. The van der Waals surface area contributed by atoms with Crippen LogP contribution in [0.1, 0.15) is 28.8 Å². The molecule has 1 unspecified atom stereocenters. The largest absolute Gasteiger partial charge is 0.376 e. The Morgan fingerprint density at radius 2 is 2.33 bits per heavy atom. The number of nitrogens with zero attached hydrogens (tertiary/aromatic N) is 1. The van der Waals surface area contributed by atoms with E-state index >= 15 is 0 Å². The lowest BCUT2D eigenvalue weighted by molar-refractivity contribution is 0.0586. The topological polar surface area (TPSA) is 29.5 Å². The monoisotopic (exact) mass is 311 g/mol. The minimum absolute atomic E-state index is 0.0427. The van der Waals surface area contributed by atoms with Crippen molar-refractivity contribution in [2.24, 2.45) is 0 Å². The highest BCUT2D eigenvalue weighted by Gasteiger charge is 2.21. The van der Waals surface area contributed by atoms with Crippen LogP contribution >= 0.6 is 15.9 Å². The van der Waals surface area contributed by atoms with Gasteiger partial charge in [-0.15, -0.1) is 0 Å². The Morgan fingerprint density at radius 1 is 1.56 bits per heavy atom. The van der Waals surface area contributed by atoms with E-state index in [2.05, 4.69) is 15.9 Å². The van der Waals surface area contributed by atoms with E-state index in [9.17, 15) is 4.79 Å². The molecule has 1 fully saturated rings. The number of rotatable bonds is 3. The number of ether oxygens (including phenoxy) is 1. The number of halogens is 1. The Kier molecular flexibility index (Phi) is 4.40. The molecule has 0 radical (unpaired) electrons. The maximum absolute atomic E-state index is 12.3. The molecule has 4 heteroatoms. The predicted molar refractivity (Wildman–Crippen MR) is 74.8 cm³/mol. The number of hydrogen-bond acceptors (Lipinski definition) is 2. The molecule has 1 aliphatic rings. The van der Waals surface area contributed by atoms with Gasteiger partial charge in [0.05, 0.1) is 11.7 Å². The number of hydrogen-bond donors (Lipinski definition) is 0. The summed E-state index contributed by atoms with van der Waals surface area (Å²) >= 11 is 3.43. The van der Waals surface area contributed by atoms with Crippen LogP contribution in [-0.2, 0) is 4.74 Å². The summed E-state index contributed by atoms with van der Waals surface area (Å²) in [5.74, 6) is 0.0427. The van der Waals surface area contributed by atoms with Crippen LogP contribution in [0.5, 0.6) is 0 Å². The maximum Gasteiger partial charge on any atom is 0.254 e. The van der Waals surface area contributed by atoms with Gasteiger partial charge in [-0.3, -0.25) is 4.79 Å². The van der Waals surface area contributed by atoms with Crippen molar-refractivity contribution < 1.29 is 9.53 Å². The van der Waals surface area contributed by atoms with Crippen molar-refractivity contribution in [3.05, 3.63) is 33.8 Å². The zero-order chi connectivity index (χ0) is 13.1. The normalized spacial score (nSPS) is 18.9. The number of benzene rings is 1. The fraction of sp³-hybridized carbons (Fsp3) is 0.500. The standard InChI is InChI=1S/C14H18BrNO2/c1-10-5-6-13(15)12(8-10)14(17)16(2)9-11-4-3-7-18-11/h5-6,8,11H,3-4,7,9H2,1-2H3. The van der Waals surface area contributed by atoms with E-state index in [0.29, 0.717) is 6.54 Å². The lowest BCUT2D eigenvalue weighted by atomic mass is 10.1. The summed E-state index contributed by atoms with van der Waals surface area (Å²) in [6.45, 7) is 3.48. The van der Waals surface area contributed by atoms with Gasteiger partial charge in [0.25, 0.3) is 5.91 Å². The maximum atomic E-state index is 12.3. The first-order valence-corrected chi connectivity index (χ1v) is 7.00. The smallest absolute Gasteiger partial charge is 0.254 e. The van der Waals surface area contributed by atoms with Gasteiger partial charge in [0.15, 0.2) is 0 Å². The molecule has 1 aromatic carbocycles. The van der Waals surface area contributed by atoms with Crippen molar-refractivity contribution in [2.75, 3.05) is 20.2 Å². The Morgan fingerprint density at radius 3 is 3.00 bits per heavy atom. The number of likely N-dealkylation sites (N-methyl/N-ethyl adjacent to an activating group) is 1. The summed E-state index contributed by atoms with van der Waals surface area (Å²) in [6.07, 6.45) is 2.34. The fourth-order valence-electron chi connectivity index (χ4n) is 2.19. The molecule has 1 amide bonds. The Balaban J connectivity index is 2.07. The molecule has 0 N–H and O–H groups in total. The van der Waals surface area contributed by atoms with Crippen LogP contribution in [-0.4, -0.2) is 37.1 Å². The van der Waals surface area contributed by atoms with Crippen LogP contribution in [0.2, 0.25) is 0 Å². The van der Waals surface area contributed by atoms with E-state index in [-0.39, 0.29) is 12.0 Å². The van der Waals surface area contributed by atoms with Crippen LogP contribution < -0.4 is 0 Å². The third-order valence-electron chi connectivity index (χ3n) is 3.20. The number of amides is 1. The molecule has 0 saturated carbocycles. The third kappa shape index (κ3) is 3.12. The van der Waals surface area contributed by atoms with Gasteiger partial charge < -0.3 is 9.64 Å². The van der Waals surface area contributed by atoms with Gasteiger partial charge in [-0.1, -0.05) is 11.6 Å². The summed E-state index contributed by atoms with van der Waals surface area (Å²) in [5, 5.41) is 0. The van der Waals surface area contributed by atoms with Crippen molar-refractivity contribution in [1.82, 2.24) is 4.90 Å². The molecule has 98 valence electrons. The predicted octanol–water partition coefficient (Wildman–Crippen LogP) is 3.01. The number of carbonyl (C=O) groups excluding carboxylic acids is 1. The fourth-order valence-corrected chi connectivity index (χ4v) is 2.60. The van der Waals surface area contributed by atoms with Gasteiger partial charge in [0.2, 0.25) is 0 Å². The van der Waals surface area contributed by atoms with Gasteiger partial charge >= 0.3 is 0 Å². The highest BCUT2D eigenvalue weighted by molar-refractivity contribution is 9.10. The highest BCUT2D eigenvalue weighted by Crippen LogP contribution is 2.20. The average molecular weight is 312 g/mol. The molecule has 1 atom stereocenters. The molecule has 1 saturated heterocycles. The molecule has 0 spiro atoms. The van der Waals surface area contributed by atoms with Crippen LogP contribution in [0.4, 0.5) is 0 Å². The minimum atomic E-state index is 0.0427. The Hall–Kier alpha value is -0.870. The van der Waals surface area contributed by atoms with Crippen molar-refractivity contribution in [2.45, 2.75) is 25.9 Å². The zero-order valence-corrected chi connectivity index (χ0v) is 12.4. The summed E-state index contributed by atoms with van der Waals surface area (Å²) in [4.78, 5) is 14.1. The molecule has 0 bridgehead atoms. The molecule has 0 aromatic heterocycles. The molecule has 1 heterocycles. The summed E-state index contributed by atoms with van der Waals surface area (Å²) in [5.41, 5.74) is 1.81. The second kappa shape index (κ2) is 5.85. The van der Waals surface area contributed by atoms with Crippen LogP contribution in [0, 0.1) is 6.92 Å². The summed E-state index contributed by atoms with van der Waals surface area (Å²) < 4.78 is 6.40. The van der Waals surface area contributed by atoms with E-state index in [1.807, 2.05) is 32.2 Å². The molecule has 0 aliphatic carbocycles. The average Bonchev–Trinajstić information content (AvgIpc) is 2.84. The molecule has 2 rings (SSSR count). The van der Waals surface area contributed by atoms with Gasteiger partial charge in [0.1, 0.15) is 0 Å². The number of aryl methyl sites for hydroxylation is 1. The van der Waals surface area contributed by atoms with E-state index in [4.69, 9.17) is 4.74 Å². The van der Waals surface area contributed by atoms with Crippen LogP contribution in [0.15, 0.2) is 22.7 Å². The molecule has 3 nitrogen and oxygen atoms in total. The Labute approximate surface area is 116 Å². The van der Waals surface area contributed by atoms with Crippen molar-refractivity contribution >= 4 is 21.8 Å². The quantitative estimate of drug-likeness (QED) is 0.859. The van der Waals surface area contributed by atoms with Gasteiger partial charge in [-0.2, -0.15) is 0 Å². The molecule has 18 heavy (non-hydrogen) atoms. The molecule has 1 aromatic rings. The van der Waals surface area contributed by atoms with Gasteiger partial charge in [0, 0.05) is 24.7 Å². The van der Waals surface area contributed by atoms with Crippen LogP contribution in [0.25, 0.3) is 0 Å². The van der Waals surface area contributed by atoms with Crippen molar-refractivity contribution in [1.29, 1.82) is 0 Å². The summed E-state index contributed by atoms with van der Waals surface area (Å²) in [6, 6.07) is 5.82. The Bertz CT molecular complexity index is 441. The first kappa shape index (κ1) is 13.6. The summed E-state index contributed by atoms with van der Waals surface area (Å²) in [7, 11) is 1.83. The SMILES string of the molecule is Cc1ccc(Br)c(C(=O)N(C)CC2CCCO2)c1. The highest BCUT2D eigenvalue weighted by atomic mass is 79.9. The second-order valence-electron chi connectivity index (χ2n) is 4.80. The van der Waals surface area contributed by atoms with Crippen LogP contribution in [0.3, 0.4) is 0 Å².